The quantitative estimate of drug-likeness (QED) is 0.418. The van der Waals surface area contributed by atoms with Crippen LogP contribution in [0.3, 0.4) is 0 Å². The molecule has 2 saturated heterocycles. The summed E-state index contributed by atoms with van der Waals surface area (Å²) in [5.41, 5.74) is 1.78. The van der Waals surface area contributed by atoms with E-state index in [4.69, 9.17) is 0 Å². The zero-order chi connectivity index (χ0) is 28.6. The number of imide groups is 2. The molecule has 1 unspecified atom stereocenters. The third kappa shape index (κ3) is 5.35. The van der Waals surface area contributed by atoms with Gasteiger partial charge in [-0.1, -0.05) is 19.9 Å². The van der Waals surface area contributed by atoms with Crippen LogP contribution in [-0.2, 0) is 20.9 Å². The number of hydrogen-bond acceptors (Lipinski definition) is 8. The lowest BCUT2D eigenvalue weighted by Gasteiger charge is -2.33. The number of rotatable bonds is 8. The van der Waals surface area contributed by atoms with E-state index in [0.29, 0.717) is 31.7 Å². The van der Waals surface area contributed by atoms with Gasteiger partial charge in [0.15, 0.2) is 0 Å². The van der Waals surface area contributed by atoms with E-state index in [1.165, 1.54) is 0 Å². The number of benzene rings is 1. The number of nitrogens with one attached hydrogen (secondary N) is 2. The zero-order valence-corrected chi connectivity index (χ0v) is 22.6. The summed E-state index contributed by atoms with van der Waals surface area (Å²) in [4.78, 5) is 65.4. The van der Waals surface area contributed by atoms with Crippen LogP contribution in [0, 0.1) is 5.92 Å². The van der Waals surface area contributed by atoms with Gasteiger partial charge in [-0.3, -0.25) is 38.9 Å². The Hall–Kier alpha value is -4.06. The van der Waals surface area contributed by atoms with Gasteiger partial charge in [0, 0.05) is 43.5 Å². The highest BCUT2D eigenvalue weighted by atomic mass is 16.3. The molecule has 3 aliphatic rings. The first-order valence-corrected chi connectivity index (χ1v) is 13.7. The molecule has 0 bridgehead atoms. The number of anilines is 1. The van der Waals surface area contributed by atoms with Crippen molar-refractivity contribution in [2.24, 2.45) is 5.92 Å². The summed E-state index contributed by atoms with van der Waals surface area (Å²) in [5, 5.41) is 20.1. The Bertz CT molecular complexity index is 1340. The van der Waals surface area contributed by atoms with Crippen LogP contribution in [0.1, 0.15) is 78.3 Å². The monoisotopic (exact) mass is 550 g/mol. The Balaban J connectivity index is 1.20. The van der Waals surface area contributed by atoms with Gasteiger partial charge in [0.2, 0.25) is 11.8 Å². The van der Waals surface area contributed by atoms with E-state index in [-0.39, 0.29) is 41.8 Å². The smallest absolute Gasteiger partial charge is 0.264 e. The number of carbonyl (C=O) groups is 5. The van der Waals surface area contributed by atoms with Crippen molar-refractivity contribution in [3.63, 3.8) is 0 Å². The third-order valence-electron chi connectivity index (χ3n) is 7.74. The minimum absolute atomic E-state index is 0.0638. The molecule has 5 amide bonds. The number of nitrogens with zero attached hydrogens (tertiary/aromatic N) is 4. The Morgan fingerprint density at radius 3 is 2.58 bits per heavy atom. The standard InChI is InChI=1S/C28H34N6O6/c1-16(2)12-22(35)27(39)32-10-8-18(9-11-32)33-15-17(14-30-33)13-29-20-5-3-4-19-24(20)28(40)34(26(19)38)21-6-7-23(36)31-25(21)37/h3-5,14-16,18,21-22,29,35H,6-13H2,1-2H3,(H,31,36,37)/t21?,22-/m1/s1. The first-order valence-electron chi connectivity index (χ1n) is 13.7. The molecule has 2 fully saturated rings. The summed E-state index contributed by atoms with van der Waals surface area (Å²) in [5.74, 6) is -2.14. The van der Waals surface area contributed by atoms with E-state index in [1.54, 1.807) is 29.3 Å². The molecule has 3 N–H and O–H groups in total. The van der Waals surface area contributed by atoms with E-state index in [2.05, 4.69) is 15.7 Å². The molecule has 3 aliphatic heterocycles. The maximum absolute atomic E-state index is 13.3. The lowest BCUT2D eigenvalue weighted by Crippen LogP contribution is -2.54. The molecule has 212 valence electrons. The highest BCUT2D eigenvalue weighted by Crippen LogP contribution is 2.32. The minimum Gasteiger partial charge on any atom is -0.383 e. The van der Waals surface area contributed by atoms with Crippen LogP contribution in [0.25, 0.3) is 0 Å². The summed E-state index contributed by atoms with van der Waals surface area (Å²) in [6.07, 6.45) is 4.78. The summed E-state index contributed by atoms with van der Waals surface area (Å²) in [6, 6.07) is 4.06. The maximum Gasteiger partial charge on any atom is 0.264 e. The molecule has 12 nitrogen and oxygen atoms in total. The molecular formula is C28H34N6O6. The molecule has 4 heterocycles. The van der Waals surface area contributed by atoms with Gasteiger partial charge in [-0.2, -0.15) is 5.10 Å². The van der Waals surface area contributed by atoms with Gasteiger partial charge >= 0.3 is 0 Å². The predicted molar refractivity (Wildman–Crippen MR) is 143 cm³/mol. The van der Waals surface area contributed by atoms with Crippen molar-refractivity contribution >= 4 is 35.2 Å². The number of carbonyl (C=O) groups excluding carboxylic acids is 5. The van der Waals surface area contributed by atoms with E-state index in [0.717, 1.165) is 23.3 Å². The van der Waals surface area contributed by atoms with Gasteiger partial charge in [-0.05, 0) is 43.7 Å². The van der Waals surface area contributed by atoms with Crippen LogP contribution < -0.4 is 10.6 Å². The summed E-state index contributed by atoms with van der Waals surface area (Å²) >= 11 is 0. The second kappa shape index (κ2) is 11.2. The molecule has 1 aromatic heterocycles. The Kier molecular flexibility index (Phi) is 7.70. The Morgan fingerprint density at radius 2 is 1.88 bits per heavy atom. The first kappa shape index (κ1) is 27.5. The minimum atomic E-state index is -1.02. The topological polar surface area (TPSA) is 154 Å². The van der Waals surface area contributed by atoms with Gasteiger partial charge < -0.3 is 15.3 Å². The predicted octanol–water partition coefficient (Wildman–Crippen LogP) is 1.47. The highest BCUT2D eigenvalue weighted by molar-refractivity contribution is 6.25. The molecular weight excluding hydrogens is 516 g/mol. The lowest BCUT2D eigenvalue weighted by molar-refractivity contribution is -0.142. The van der Waals surface area contributed by atoms with Crippen LogP contribution >= 0.6 is 0 Å². The van der Waals surface area contributed by atoms with Crippen molar-refractivity contribution in [1.82, 2.24) is 24.9 Å². The number of amides is 5. The Labute approximate surface area is 231 Å². The Morgan fingerprint density at radius 1 is 1.12 bits per heavy atom. The van der Waals surface area contributed by atoms with Crippen molar-refractivity contribution in [2.75, 3.05) is 18.4 Å². The lowest BCUT2D eigenvalue weighted by atomic mass is 10.0. The van der Waals surface area contributed by atoms with Crippen molar-refractivity contribution in [3.8, 4) is 0 Å². The van der Waals surface area contributed by atoms with E-state index < -0.39 is 35.8 Å². The fraction of sp³-hybridized carbons (Fsp3) is 0.500. The second-order valence-electron chi connectivity index (χ2n) is 11.1. The summed E-state index contributed by atoms with van der Waals surface area (Å²) in [7, 11) is 0. The van der Waals surface area contributed by atoms with Crippen molar-refractivity contribution in [2.45, 2.75) is 70.7 Å². The third-order valence-corrected chi connectivity index (χ3v) is 7.74. The molecule has 5 rings (SSSR count). The van der Waals surface area contributed by atoms with Gasteiger partial charge in [-0.25, -0.2) is 0 Å². The van der Waals surface area contributed by atoms with Gasteiger partial charge in [0.1, 0.15) is 12.1 Å². The number of likely N-dealkylation sites (tertiary alicyclic amines) is 1. The van der Waals surface area contributed by atoms with E-state index in [9.17, 15) is 29.1 Å². The molecule has 0 saturated carbocycles. The fourth-order valence-corrected chi connectivity index (χ4v) is 5.64. The van der Waals surface area contributed by atoms with Crippen molar-refractivity contribution in [3.05, 3.63) is 47.3 Å². The van der Waals surface area contributed by atoms with Crippen molar-refractivity contribution < 1.29 is 29.1 Å². The molecule has 0 radical (unpaired) electrons. The maximum atomic E-state index is 13.3. The normalized spacial score (nSPS) is 20.6. The van der Waals surface area contributed by atoms with Crippen LogP contribution in [-0.4, -0.2) is 79.5 Å². The zero-order valence-electron chi connectivity index (χ0n) is 22.6. The second-order valence-corrected chi connectivity index (χ2v) is 11.1. The molecule has 0 spiro atoms. The molecule has 1 aromatic carbocycles. The molecule has 2 aromatic rings. The number of aliphatic hydroxyl groups excluding tert-OH is 1. The van der Waals surface area contributed by atoms with Crippen LogP contribution in [0.4, 0.5) is 5.69 Å². The molecule has 0 aliphatic carbocycles. The fourth-order valence-electron chi connectivity index (χ4n) is 5.64. The SMILES string of the molecule is CC(C)C[C@@H](O)C(=O)N1CCC(n2cc(CNc3cccc4c3C(=O)N(C3CCC(=O)NC3=O)C4=O)cn2)CC1. The number of aromatic nitrogens is 2. The van der Waals surface area contributed by atoms with Crippen molar-refractivity contribution in [1.29, 1.82) is 0 Å². The van der Waals surface area contributed by atoms with Gasteiger partial charge in [0.05, 0.1) is 23.4 Å². The van der Waals surface area contributed by atoms with Crippen LogP contribution in [0.5, 0.6) is 0 Å². The molecule has 12 heteroatoms. The first-order chi connectivity index (χ1) is 19.1. The van der Waals surface area contributed by atoms with E-state index in [1.807, 2.05) is 24.7 Å². The number of fused-ring (bicyclic) bond motifs is 1. The van der Waals surface area contributed by atoms with Gasteiger partial charge in [0.25, 0.3) is 17.7 Å². The average molecular weight is 551 g/mol. The summed E-state index contributed by atoms with van der Waals surface area (Å²) in [6.45, 7) is 5.43. The summed E-state index contributed by atoms with van der Waals surface area (Å²) < 4.78 is 1.89. The van der Waals surface area contributed by atoms with E-state index >= 15 is 0 Å². The van der Waals surface area contributed by atoms with Crippen LogP contribution in [0.15, 0.2) is 30.6 Å². The molecule has 40 heavy (non-hydrogen) atoms. The largest absolute Gasteiger partial charge is 0.383 e. The average Bonchev–Trinajstić information content (AvgIpc) is 3.50. The number of aliphatic hydroxyl groups is 1. The van der Waals surface area contributed by atoms with Gasteiger partial charge in [-0.15, -0.1) is 0 Å². The highest BCUT2D eigenvalue weighted by Gasteiger charge is 2.45. The number of piperidine rings is 2. The number of hydrogen-bond donors (Lipinski definition) is 3. The van der Waals surface area contributed by atoms with Crippen LogP contribution in [0.2, 0.25) is 0 Å². The molecule has 2 atom stereocenters.